The van der Waals surface area contributed by atoms with Crippen LogP contribution >= 0.6 is 0 Å². The van der Waals surface area contributed by atoms with Crippen LogP contribution in [0.3, 0.4) is 0 Å². The molecule has 0 aromatic heterocycles. The number of hydrogen-bond donors (Lipinski definition) is 1. The van der Waals surface area contributed by atoms with Crippen molar-refractivity contribution in [3.63, 3.8) is 0 Å². The highest BCUT2D eigenvalue weighted by atomic mass is 32.2. The third-order valence-electron chi connectivity index (χ3n) is 4.55. The molecule has 0 bridgehead atoms. The lowest BCUT2D eigenvalue weighted by atomic mass is 10.2. The van der Waals surface area contributed by atoms with E-state index >= 15 is 0 Å². The Labute approximate surface area is 193 Å². The fourth-order valence-electron chi connectivity index (χ4n) is 2.96. The summed E-state index contributed by atoms with van der Waals surface area (Å²) in [5.74, 6) is 0.605. The Kier molecular flexibility index (Phi) is 8.04. The molecule has 9 heteroatoms. The number of ether oxygens (including phenoxy) is 2. The third kappa shape index (κ3) is 6.33. The molecule has 0 saturated heterocycles. The van der Waals surface area contributed by atoms with Gasteiger partial charge in [-0.05, 0) is 61.0 Å². The molecule has 33 heavy (non-hydrogen) atoms. The second kappa shape index (κ2) is 11.1. The first-order chi connectivity index (χ1) is 15.9. The Morgan fingerprint density at radius 3 is 2.39 bits per heavy atom. The maximum atomic E-state index is 13.3. The zero-order valence-corrected chi connectivity index (χ0v) is 19.2. The molecule has 3 aromatic rings. The third-order valence-corrected chi connectivity index (χ3v) is 6.34. The zero-order chi connectivity index (χ0) is 23.7. The van der Waals surface area contributed by atoms with Crippen LogP contribution in [-0.4, -0.2) is 40.8 Å². The predicted octanol–water partition coefficient (Wildman–Crippen LogP) is 3.44. The number of benzene rings is 3. The number of sulfonamides is 1. The van der Waals surface area contributed by atoms with Crippen molar-refractivity contribution in [1.29, 1.82) is 0 Å². The van der Waals surface area contributed by atoms with Gasteiger partial charge in [-0.1, -0.05) is 24.3 Å². The van der Waals surface area contributed by atoms with Gasteiger partial charge in [0.2, 0.25) is 0 Å². The highest BCUT2D eigenvalue weighted by Crippen LogP contribution is 2.26. The van der Waals surface area contributed by atoms with Crippen molar-refractivity contribution >= 4 is 27.8 Å². The molecule has 0 radical (unpaired) electrons. The fourth-order valence-corrected chi connectivity index (χ4v) is 4.40. The second-order valence-corrected chi connectivity index (χ2v) is 8.68. The van der Waals surface area contributed by atoms with E-state index in [2.05, 4.69) is 10.5 Å². The molecule has 0 spiro atoms. The molecule has 0 aliphatic heterocycles. The summed E-state index contributed by atoms with van der Waals surface area (Å²) >= 11 is 0. The van der Waals surface area contributed by atoms with Crippen molar-refractivity contribution in [2.24, 2.45) is 5.10 Å². The summed E-state index contributed by atoms with van der Waals surface area (Å²) in [6.45, 7) is 2.00. The van der Waals surface area contributed by atoms with Gasteiger partial charge in [-0.25, -0.2) is 13.8 Å². The lowest BCUT2D eigenvalue weighted by molar-refractivity contribution is -0.119. The van der Waals surface area contributed by atoms with Crippen molar-refractivity contribution in [1.82, 2.24) is 5.43 Å². The number of hydrogen-bond acceptors (Lipinski definition) is 6. The number of methoxy groups -OCH3 is 1. The average Bonchev–Trinajstić information content (AvgIpc) is 2.84. The van der Waals surface area contributed by atoms with Crippen LogP contribution in [-0.2, 0) is 14.8 Å². The Morgan fingerprint density at radius 1 is 1.00 bits per heavy atom. The summed E-state index contributed by atoms with van der Waals surface area (Å²) in [6.07, 6.45) is 1.47. The van der Waals surface area contributed by atoms with Crippen LogP contribution in [0.4, 0.5) is 5.69 Å². The van der Waals surface area contributed by atoms with Crippen LogP contribution in [0, 0.1) is 0 Å². The number of nitrogens with one attached hydrogen (secondary N) is 1. The molecule has 8 nitrogen and oxygen atoms in total. The van der Waals surface area contributed by atoms with E-state index in [1.165, 1.54) is 25.5 Å². The Morgan fingerprint density at radius 2 is 1.73 bits per heavy atom. The highest BCUT2D eigenvalue weighted by molar-refractivity contribution is 7.92. The van der Waals surface area contributed by atoms with E-state index < -0.39 is 22.5 Å². The highest BCUT2D eigenvalue weighted by Gasteiger charge is 2.27. The number of amides is 1. The lowest BCUT2D eigenvalue weighted by Gasteiger charge is -2.24. The SMILES string of the molecule is CCOc1ccc(/C=N\NC(=O)CN(c2cccc(OC)c2)S(=O)(=O)c2ccccc2)cc1. The van der Waals surface area contributed by atoms with Gasteiger partial charge in [0.05, 0.1) is 30.5 Å². The molecule has 3 rings (SSSR count). The van der Waals surface area contributed by atoms with Crippen molar-refractivity contribution in [2.45, 2.75) is 11.8 Å². The van der Waals surface area contributed by atoms with E-state index in [9.17, 15) is 13.2 Å². The first-order valence-electron chi connectivity index (χ1n) is 10.2. The van der Waals surface area contributed by atoms with Gasteiger partial charge in [-0.2, -0.15) is 5.10 Å². The van der Waals surface area contributed by atoms with Crippen LogP contribution in [0.1, 0.15) is 12.5 Å². The summed E-state index contributed by atoms with van der Waals surface area (Å²) in [5, 5.41) is 3.94. The van der Waals surface area contributed by atoms with E-state index in [0.29, 0.717) is 18.0 Å². The van der Waals surface area contributed by atoms with E-state index in [0.717, 1.165) is 15.6 Å². The molecule has 1 amide bonds. The minimum Gasteiger partial charge on any atom is -0.497 e. The normalized spacial score (nSPS) is 11.2. The van der Waals surface area contributed by atoms with Gasteiger partial charge < -0.3 is 9.47 Å². The Balaban J connectivity index is 1.78. The predicted molar refractivity (Wildman–Crippen MR) is 127 cm³/mol. The van der Waals surface area contributed by atoms with Crippen molar-refractivity contribution in [2.75, 3.05) is 24.6 Å². The van der Waals surface area contributed by atoms with Gasteiger partial charge in [0.15, 0.2) is 0 Å². The Hall–Kier alpha value is -3.85. The van der Waals surface area contributed by atoms with Crippen LogP contribution in [0.25, 0.3) is 0 Å². The number of hydrazone groups is 1. The van der Waals surface area contributed by atoms with E-state index in [1.54, 1.807) is 66.7 Å². The van der Waals surface area contributed by atoms with Gasteiger partial charge in [0, 0.05) is 6.07 Å². The number of rotatable bonds is 10. The van der Waals surface area contributed by atoms with E-state index in [4.69, 9.17) is 9.47 Å². The second-order valence-electron chi connectivity index (χ2n) is 6.82. The lowest BCUT2D eigenvalue weighted by Crippen LogP contribution is -2.39. The molecular formula is C24H25N3O5S. The van der Waals surface area contributed by atoms with Crippen molar-refractivity contribution in [3.8, 4) is 11.5 Å². The van der Waals surface area contributed by atoms with Crippen molar-refractivity contribution < 1.29 is 22.7 Å². The molecular weight excluding hydrogens is 442 g/mol. The minimum absolute atomic E-state index is 0.0681. The molecule has 0 saturated carbocycles. The molecule has 0 aliphatic carbocycles. The smallest absolute Gasteiger partial charge is 0.264 e. The summed E-state index contributed by atoms with van der Waals surface area (Å²) < 4.78 is 38.2. The minimum atomic E-state index is -4.01. The first kappa shape index (κ1) is 23.8. The number of anilines is 1. The van der Waals surface area contributed by atoms with E-state index in [1.807, 2.05) is 6.92 Å². The van der Waals surface area contributed by atoms with E-state index in [-0.39, 0.29) is 4.90 Å². The summed E-state index contributed by atoms with van der Waals surface area (Å²) in [4.78, 5) is 12.7. The molecule has 0 unspecified atom stereocenters. The quantitative estimate of drug-likeness (QED) is 0.364. The number of carbonyl (C=O) groups is 1. The number of nitrogens with zero attached hydrogens (tertiary/aromatic N) is 2. The largest absolute Gasteiger partial charge is 0.497 e. The maximum absolute atomic E-state index is 13.3. The average molecular weight is 468 g/mol. The van der Waals surface area contributed by atoms with Gasteiger partial charge >= 0.3 is 0 Å². The number of carbonyl (C=O) groups excluding carboxylic acids is 1. The van der Waals surface area contributed by atoms with Gasteiger partial charge in [0.25, 0.3) is 15.9 Å². The van der Waals surface area contributed by atoms with Crippen LogP contribution < -0.4 is 19.2 Å². The molecule has 1 N–H and O–H groups in total. The zero-order valence-electron chi connectivity index (χ0n) is 18.3. The summed E-state index contributed by atoms with van der Waals surface area (Å²) in [6, 6.07) is 21.6. The molecule has 3 aromatic carbocycles. The summed E-state index contributed by atoms with van der Waals surface area (Å²) in [5.41, 5.74) is 3.43. The fraction of sp³-hybridized carbons (Fsp3) is 0.167. The summed E-state index contributed by atoms with van der Waals surface area (Å²) in [7, 11) is -2.53. The molecule has 0 atom stereocenters. The Bertz CT molecular complexity index is 1200. The van der Waals surface area contributed by atoms with Crippen LogP contribution in [0.15, 0.2) is 88.9 Å². The first-order valence-corrected chi connectivity index (χ1v) is 11.6. The topological polar surface area (TPSA) is 97.3 Å². The molecule has 0 fully saturated rings. The molecule has 0 heterocycles. The maximum Gasteiger partial charge on any atom is 0.264 e. The van der Waals surface area contributed by atoms with Gasteiger partial charge in [0.1, 0.15) is 18.0 Å². The van der Waals surface area contributed by atoms with Crippen LogP contribution in [0.2, 0.25) is 0 Å². The molecule has 172 valence electrons. The standard InChI is InChI=1S/C24H25N3O5S/c1-3-32-21-14-12-19(13-15-21)17-25-26-24(28)18-27(20-8-7-9-22(16-20)31-2)33(29,30)23-10-5-4-6-11-23/h4-17H,3,18H2,1-2H3,(H,26,28)/b25-17-. The van der Waals surface area contributed by atoms with Gasteiger partial charge in [-0.3, -0.25) is 9.10 Å². The van der Waals surface area contributed by atoms with Gasteiger partial charge in [-0.15, -0.1) is 0 Å². The monoisotopic (exact) mass is 467 g/mol. The molecule has 0 aliphatic rings. The van der Waals surface area contributed by atoms with Crippen LogP contribution in [0.5, 0.6) is 11.5 Å². The van der Waals surface area contributed by atoms with Crippen molar-refractivity contribution in [3.05, 3.63) is 84.4 Å².